The summed E-state index contributed by atoms with van der Waals surface area (Å²) in [5, 5.41) is 18.7. The number of hydrogen-bond donors (Lipinski definition) is 1. The Labute approximate surface area is 179 Å². The highest BCUT2D eigenvalue weighted by molar-refractivity contribution is 7.89. The molecule has 1 aliphatic heterocycles. The van der Waals surface area contributed by atoms with Gasteiger partial charge in [0, 0.05) is 31.4 Å². The molecule has 0 saturated carbocycles. The Balaban J connectivity index is 1.77. The Kier molecular flexibility index (Phi) is 6.06. The van der Waals surface area contributed by atoms with Gasteiger partial charge in [-0.3, -0.25) is 0 Å². The monoisotopic (exact) mass is 453 g/mol. The van der Waals surface area contributed by atoms with Crippen LogP contribution in [0.15, 0.2) is 53.4 Å². The summed E-state index contributed by atoms with van der Waals surface area (Å²) in [5.41, 5.74) is -2.10. The first kappa shape index (κ1) is 23.1. The maximum Gasteiger partial charge on any atom is 0.421 e. The van der Waals surface area contributed by atoms with Crippen LogP contribution in [0.4, 0.5) is 18.9 Å². The van der Waals surface area contributed by atoms with Gasteiger partial charge in [-0.25, -0.2) is 8.42 Å². The summed E-state index contributed by atoms with van der Waals surface area (Å²) in [7, 11) is -3.92. The molecule has 2 aromatic rings. The molecule has 1 N–H and O–H groups in total. The largest absolute Gasteiger partial charge is 0.421 e. The van der Waals surface area contributed by atoms with Crippen LogP contribution in [0, 0.1) is 11.3 Å². The number of hydrogen-bond acceptors (Lipinski definition) is 5. The molecule has 0 bridgehead atoms. The van der Waals surface area contributed by atoms with E-state index < -0.39 is 27.4 Å². The predicted molar refractivity (Wildman–Crippen MR) is 109 cm³/mol. The first-order chi connectivity index (χ1) is 14.4. The fourth-order valence-corrected chi connectivity index (χ4v) is 5.14. The standard InChI is InChI=1S/C21H22F3N3O3S/c1-15-14-26(18-7-3-16(13-25)4-8-18)11-12-27(15)31(29,30)19-9-5-17(6-10-19)20(2,28)21(22,23)24/h3-10,15,28H,11-12,14H2,1-2H3/t15-,20+/m1/s1. The van der Waals surface area contributed by atoms with Gasteiger partial charge in [-0.2, -0.15) is 22.7 Å². The third-order valence-electron chi connectivity index (χ3n) is 5.50. The number of sulfonamides is 1. The average molecular weight is 453 g/mol. The normalized spacial score (nSPS) is 20.2. The van der Waals surface area contributed by atoms with Crippen molar-refractivity contribution in [2.24, 2.45) is 0 Å². The third kappa shape index (κ3) is 4.39. The van der Waals surface area contributed by atoms with E-state index in [2.05, 4.69) is 0 Å². The Morgan fingerprint density at radius 1 is 1.06 bits per heavy atom. The average Bonchev–Trinajstić information content (AvgIpc) is 2.73. The van der Waals surface area contributed by atoms with Crippen LogP contribution in [0.3, 0.4) is 0 Å². The summed E-state index contributed by atoms with van der Waals surface area (Å²) >= 11 is 0. The minimum absolute atomic E-state index is 0.132. The van der Waals surface area contributed by atoms with Crippen molar-refractivity contribution in [1.82, 2.24) is 4.31 Å². The molecule has 0 amide bonds. The van der Waals surface area contributed by atoms with Crippen LogP contribution in [0.5, 0.6) is 0 Å². The molecule has 0 radical (unpaired) electrons. The van der Waals surface area contributed by atoms with Crippen LogP contribution in [0.1, 0.15) is 25.0 Å². The van der Waals surface area contributed by atoms with Crippen molar-refractivity contribution < 1.29 is 26.7 Å². The van der Waals surface area contributed by atoms with Crippen LogP contribution >= 0.6 is 0 Å². The lowest BCUT2D eigenvalue weighted by Gasteiger charge is -2.40. The number of nitriles is 1. The number of alkyl halides is 3. The molecule has 3 rings (SSSR count). The van der Waals surface area contributed by atoms with Gasteiger partial charge in [0.15, 0.2) is 5.60 Å². The fraction of sp³-hybridized carbons (Fsp3) is 0.381. The summed E-state index contributed by atoms with van der Waals surface area (Å²) in [4.78, 5) is 1.88. The van der Waals surface area contributed by atoms with Gasteiger partial charge in [0.05, 0.1) is 16.5 Å². The molecule has 1 saturated heterocycles. The molecule has 2 aromatic carbocycles. The van der Waals surface area contributed by atoms with E-state index in [1.54, 1.807) is 31.2 Å². The molecule has 1 aliphatic rings. The summed E-state index contributed by atoms with van der Waals surface area (Å²) in [5.74, 6) is 0. The first-order valence-electron chi connectivity index (χ1n) is 9.54. The minimum Gasteiger partial charge on any atom is -0.376 e. The maximum absolute atomic E-state index is 13.1. The van der Waals surface area contributed by atoms with Crippen molar-refractivity contribution in [2.45, 2.75) is 36.6 Å². The zero-order valence-electron chi connectivity index (χ0n) is 17.0. The number of piperazine rings is 1. The molecule has 1 fully saturated rings. The lowest BCUT2D eigenvalue weighted by molar-refractivity contribution is -0.258. The second kappa shape index (κ2) is 8.15. The number of benzene rings is 2. The Bertz CT molecular complexity index is 1080. The van der Waals surface area contributed by atoms with Crippen LogP contribution < -0.4 is 4.90 Å². The first-order valence-corrected chi connectivity index (χ1v) is 11.0. The molecular weight excluding hydrogens is 431 g/mol. The van der Waals surface area contributed by atoms with Crippen molar-refractivity contribution in [3.63, 3.8) is 0 Å². The predicted octanol–water partition coefficient (Wildman–Crippen LogP) is 3.23. The van der Waals surface area contributed by atoms with Gasteiger partial charge in [0.2, 0.25) is 10.0 Å². The van der Waals surface area contributed by atoms with Crippen molar-refractivity contribution in [3.8, 4) is 6.07 Å². The highest BCUT2D eigenvalue weighted by Crippen LogP contribution is 2.38. The van der Waals surface area contributed by atoms with Gasteiger partial charge >= 0.3 is 6.18 Å². The Hall–Kier alpha value is -2.61. The van der Waals surface area contributed by atoms with E-state index in [-0.39, 0.29) is 17.5 Å². The second-order valence-corrected chi connectivity index (χ2v) is 9.55. The molecule has 10 heteroatoms. The molecular formula is C21H22F3N3O3S. The van der Waals surface area contributed by atoms with Gasteiger partial charge in [-0.15, -0.1) is 0 Å². The second-order valence-electron chi connectivity index (χ2n) is 7.66. The van der Waals surface area contributed by atoms with E-state index in [1.807, 2.05) is 11.0 Å². The summed E-state index contributed by atoms with van der Waals surface area (Å²) in [6.07, 6.45) is -4.89. The molecule has 2 atom stereocenters. The van der Waals surface area contributed by atoms with Crippen molar-refractivity contribution in [2.75, 3.05) is 24.5 Å². The molecule has 0 aliphatic carbocycles. The van der Waals surface area contributed by atoms with Gasteiger partial charge in [0.1, 0.15) is 0 Å². The summed E-state index contributed by atoms with van der Waals surface area (Å²) < 4.78 is 66.5. The van der Waals surface area contributed by atoms with Gasteiger partial charge < -0.3 is 10.0 Å². The number of halogens is 3. The van der Waals surface area contributed by atoms with Crippen molar-refractivity contribution in [1.29, 1.82) is 5.26 Å². The lowest BCUT2D eigenvalue weighted by atomic mass is 9.96. The quantitative estimate of drug-likeness (QED) is 0.769. The maximum atomic E-state index is 13.1. The lowest BCUT2D eigenvalue weighted by Crippen LogP contribution is -2.54. The number of aliphatic hydroxyl groups is 1. The third-order valence-corrected chi connectivity index (χ3v) is 7.53. The number of rotatable bonds is 4. The van der Waals surface area contributed by atoms with E-state index in [0.717, 1.165) is 30.0 Å². The highest BCUT2D eigenvalue weighted by Gasteiger charge is 2.51. The molecule has 31 heavy (non-hydrogen) atoms. The molecule has 166 valence electrons. The fourth-order valence-electron chi connectivity index (χ4n) is 3.53. The topological polar surface area (TPSA) is 84.6 Å². The van der Waals surface area contributed by atoms with Gasteiger partial charge in [-0.1, -0.05) is 12.1 Å². The van der Waals surface area contributed by atoms with Crippen LogP contribution in [0.2, 0.25) is 0 Å². The van der Waals surface area contributed by atoms with Crippen LogP contribution in [-0.2, 0) is 15.6 Å². The van der Waals surface area contributed by atoms with Crippen molar-refractivity contribution in [3.05, 3.63) is 59.7 Å². The van der Waals surface area contributed by atoms with Crippen LogP contribution in [-0.4, -0.2) is 49.7 Å². The van der Waals surface area contributed by atoms with E-state index >= 15 is 0 Å². The zero-order valence-corrected chi connectivity index (χ0v) is 17.8. The van der Waals surface area contributed by atoms with E-state index in [4.69, 9.17) is 5.26 Å². The van der Waals surface area contributed by atoms with Gasteiger partial charge in [-0.05, 0) is 55.8 Å². The van der Waals surface area contributed by atoms with Gasteiger partial charge in [0.25, 0.3) is 0 Å². The Morgan fingerprint density at radius 3 is 2.13 bits per heavy atom. The summed E-state index contributed by atoms with van der Waals surface area (Å²) in [6.45, 7) is 3.44. The van der Waals surface area contributed by atoms with E-state index in [0.29, 0.717) is 25.6 Å². The molecule has 1 heterocycles. The molecule has 0 unspecified atom stereocenters. The molecule has 0 aromatic heterocycles. The van der Waals surface area contributed by atoms with Crippen LogP contribution in [0.25, 0.3) is 0 Å². The Morgan fingerprint density at radius 2 is 1.65 bits per heavy atom. The van der Waals surface area contributed by atoms with Crippen molar-refractivity contribution >= 4 is 15.7 Å². The zero-order chi connectivity index (χ0) is 23.0. The summed E-state index contributed by atoms with van der Waals surface area (Å²) in [6, 6.07) is 12.8. The minimum atomic E-state index is -4.89. The molecule has 6 nitrogen and oxygen atoms in total. The molecule has 0 spiro atoms. The highest BCUT2D eigenvalue weighted by atomic mass is 32.2. The van der Waals surface area contributed by atoms with E-state index in [1.165, 1.54) is 4.31 Å². The smallest absolute Gasteiger partial charge is 0.376 e. The number of nitrogens with zero attached hydrogens (tertiary/aromatic N) is 3. The number of anilines is 1. The van der Waals surface area contributed by atoms with E-state index in [9.17, 15) is 26.7 Å². The SMILES string of the molecule is C[C@@H]1CN(c2ccc(C#N)cc2)CCN1S(=O)(=O)c1ccc([C@](C)(O)C(F)(F)F)cc1.